The maximum absolute atomic E-state index is 12.7. The van der Waals surface area contributed by atoms with E-state index in [-0.39, 0.29) is 5.97 Å². The van der Waals surface area contributed by atoms with E-state index in [1.165, 1.54) is 7.11 Å². The highest BCUT2D eigenvalue weighted by molar-refractivity contribution is 7.99. The van der Waals surface area contributed by atoms with Gasteiger partial charge in [-0.2, -0.15) is 0 Å². The molecule has 182 valence electrons. The molecule has 3 aromatic carbocycles. The fourth-order valence-corrected chi connectivity index (χ4v) is 5.18. The smallest absolute Gasteiger partial charge is 0.340 e. The topological polar surface area (TPSA) is 98.6 Å². The molecule has 0 radical (unpaired) electrons. The summed E-state index contributed by atoms with van der Waals surface area (Å²) in [6.45, 7) is 4.24. The van der Waals surface area contributed by atoms with Gasteiger partial charge in [0.05, 0.1) is 23.7 Å². The van der Waals surface area contributed by atoms with E-state index in [4.69, 9.17) is 9.72 Å². The van der Waals surface area contributed by atoms with Crippen LogP contribution in [-0.4, -0.2) is 49.0 Å². The lowest BCUT2D eigenvalue weighted by Crippen LogP contribution is -2.06. The van der Waals surface area contributed by atoms with Crippen molar-refractivity contribution in [2.75, 3.05) is 12.9 Å². The second kappa shape index (κ2) is 10.3. The Morgan fingerprint density at radius 2 is 1.81 bits per heavy atom. The number of carbonyl (C=O) groups is 1. The molecule has 0 saturated carbocycles. The Labute approximate surface area is 213 Å². The van der Waals surface area contributed by atoms with E-state index in [2.05, 4.69) is 63.3 Å². The molecule has 5 aromatic rings. The number of ether oxygens (including phenoxy) is 1. The van der Waals surface area contributed by atoms with Gasteiger partial charge in [0.2, 0.25) is 0 Å². The number of nitrogens with zero attached hydrogens (tertiary/aromatic N) is 5. The molecule has 0 saturated heterocycles. The first kappa shape index (κ1) is 23.7. The molecule has 0 fully saturated rings. The molecule has 9 heteroatoms. The Balaban J connectivity index is 1.67. The van der Waals surface area contributed by atoms with Gasteiger partial charge in [0.1, 0.15) is 0 Å². The molecule has 0 aliphatic heterocycles. The van der Waals surface area contributed by atoms with Crippen molar-refractivity contribution in [3.05, 3.63) is 71.8 Å². The molecule has 0 spiro atoms. The van der Waals surface area contributed by atoms with Crippen molar-refractivity contribution in [2.45, 2.75) is 31.8 Å². The quantitative estimate of drug-likeness (QED) is 0.216. The number of benzene rings is 3. The van der Waals surface area contributed by atoms with Gasteiger partial charge in [-0.1, -0.05) is 68.1 Å². The van der Waals surface area contributed by atoms with Crippen LogP contribution >= 0.6 is 11.8 Å². The molecular formula is C27H26N6O2S. The maximum atomic E-state index is 12.7. The van der Waals surface area contributed by atoms with E-state index in [9.17, 15) is 4.79 Å². The number of hydrogen-bond acceptors (Lipinski definition) is 7. The normalized spacial score (nSPS) is 11.2. The van der Waals surface area contributed by atoms with Gasteiger partial charge in [-0.3, -0.25) is 4.57 Å². The summed E-state index contributed by atoms with van der Waals surface area (Å²) in [5, 5.41) is 15.2. The molecule has 36 heavy (non-hydrogen) atoms. The minimum absolute atomic E-state index is 0.373. The second-order valence-electron chi connectivity index (χ2n) is 8.24. The lowest BCUT2D eigenvalue weighted by molar-refractivity contribution is 0.0602. The van der Waals surface area contributed by atoms with Gasteiger partial charge in [-0.15, -0.1) is 5.10 Å². The van der Waals surface area contributed by atoms with Crippen LogP contribution in [0.5, 0.6) is 0 Å². The largest absolute Gasteiger partial charge is 0.465 e. The van der Waals surface area contributed by atoms with Gasteiger partial charge in [0.15, 0.2) is 11.0 Å². The molecule has 0 aliphatic rings. The number of rotatable bonds is 8. The summed E-state index contributed by atoms with van der Waals surface area (Å²) in [6, 6.07) is 20.1. The van der Waals surface area contributed by atoms with Crippen molar-refractivity contribution in [1.29, 1.82) is 0 Å². The monoisotopic (exact) mass is 498 g/mol. The Bertz CT molecular complexity index is 1510. The average molecular weight is 499 g/mol. The van der Waals surface area contributed by atoms with Crippen molar-refractivity contribution in [3.8, 4) is 28.2 Å². The highest BCUT2D eigenvalue weighted by Crippen LogP contribution is 2.35. The number of esters is 1. The number of aryl methyl sites for hydroxylation is 1. The van der Waals surface area contributed by atoms with Crippen LogP contribution in [0.25, 0.3) is 39.2 Å². The van der Waals surface area contributed by atoms with Crippen LogP contribution < -0.4 is 0 Å². The molecule has 2 aromatic heterocycles. The predicted octanol–water partition coefficient (Wildman–Crippen LogP) is 5.72. The number of nitrogens with one attached hydrogen (secondary N) is 1. The zero-order chi connectivity index (χ0) is 25.1. The van der Waals surface area contributed by atoms with Crippen LogP contribution in [0.15, 0.2) is 65.8 Å². The van der Waals surface area contributed by atoms with Crippen LogP contribution in [0.4, 0.5) is 0 Å². The summed E-state index contributed by atoms with van der Waals surface area (Å²) in [6.07, 6.45) is 1.84. The number of aromatic nitrogens is 6. The SMILES string of the molecule is CCCSc1nc2c(CC)ccc(C(=O)OC)c2n1-c1ccc(-c2ccccc2-c2nnn[nH]2)cc1. The summed E-state index contributed by atoms with van der Waals surface area (Å²) in [4.78, 5) is 17.7. The first-order valence-corrected chi connectivity index (χ1v) is 12.8. The molecule has 0 unspecified atom stereocenters. The highest BCUT2D eigenvalue weighted by Gasteiger charge is 2.22. The summed E-state index contributed by atoms with van der Waals surface area (Å²) < 4.78 is 7.20. The molecule has 0 amide bonds. The number of tetrazole rings is 1. The predicted molar refractivity (Wildman–Crippen MR) is 141 cm³/mol. The lowest BCUT2D eigenvalue weighted by atomic mass is 9.99. The third-order valence-electron chi connectivity index (χ3n) is 6.04. The number of fused-ring (bicyclic) bond motifs is 1. The average Bonchev–Trinajstić information content (AvgIpc) is 3.60. The number of thioether (sulfide) groups is 1. The van der Waals surface area contributed by atoms with E-state index in [0.29, 0.717) is 11.4 Å². The number of H-pyrrole nitrogens is 1. The minimum Gasteiger partial charge on any atom is -0.465 e. The number of methoxy groups -OCH3 is 1. The highest BCUT2D eigenvalue weighted by atomic mass is 32.2. The summed E-state index contributed by atoms with van der Waals surface area (Å²) in [7, 11) is 1.41. The van der Waals surface area contributed by atoms with E-state index >= 15 is 0 Å². The number of aromatic amines is 1. The van der Waals surface area contributed by atoms with Crippen LogP contribution in [-0.2, 0) is 11.2 Å². The first-order chi connectivity index (χ1) is 17.7. The maximum Gasteiger partial charge on any atom is 0.340 e. The van der Waals surface area contributed by atoms with Gasteiger partial charge < -0.3 is 4.74 Å². The Kier molecular flexibility index (Phi) is 6.81. The molecular weight excluding hydrogens is 472 g/mol. The van der Waals surface area contributed by atoms with Gasteiger partial charge in [0, 0.05) is 17.0 Å². The fraction of sp³-hybridized carbons (Fsp3) is 0.222. The summed E-state index contributed by atoms with van der Waals surface area (Å²) in [5.41, 5.74) is 7.11. The van der Waals surface area contributed by atoms with Crippen LogP contribution in [0.1, 0.15) is 36.2 Å². The van der Waals surface area contributed by atoms with E-state index in [1.54, 1.807) is 11.8 Å². The number of imidazole rings is 1. The number of hydrogen-bond donors (Lipinski definition) is 1. The van der Waals surface area contributed by atoms with E-state index < -0.39 is 0 Å². The fourth-order valence-electron chi connectivity index (χ4n) is 4.31. The van der Waals surface area contributed by atoms with Crippen LogP contribution in [0, 0.1) is 0 Å². The van der Waals surface area contributed by atoms with Gasteiger partial charge in [0.25, 0.3) is 0 Å². The van der Waals surface area contributed by atoms with Crippen molar-refractivity contribution < 1.29 is 9.53 Å². The third kappa shape index (κ3) is 4.26. The lowest BCUT2D eigenvalue weighted by Gasteiger charge is -2.13. The van der Waals surface area contributed by atoms with Gasteiger partial charge >= 0.3 is 5.97 Å². The van der Waals surface area contributed by atoms with Gasteiger partial charge in [-0.25, -0.2) is 14.9 Å². The van der Waals surface area contributed by atoms with E-state index in [0.717, 1.165) is 62.7 Å². The third-order valence-corrected chi connectivity index (χ3v) is 7.19. The first-order valence-electron chi connectivity index (χ1n) is 11.9. The van der Waals surface area contributed by atoms with Crippen LogP contribution in [0.2, 0.25) is 0 Å². The molecule has 5 rings (SSSR count). The van der Waals surface area contributed by atoms with Crippen molar-refractivity contribution in [1.82, 2.24) is 30.2 Å². The molecule has 0 bridgehead atoms. The second-order valence-corrected chi connectivity index (χ2v) is 9.30. The Morgan fingerprint density at radius 3 is 2.47 bits per heavy atom. The Morgan fingerprint density at radius 1 is 1.03 bits per heavy atom. The molecule has 2 heterocycles. The number of carbonyl (C=O) groups excluding carboxylic acids is 1. The van der Waals surface area contributed by atoms with Gasteiger partial charge in [-0.05, 0) is 58.2 Å². The van der Waals surface area contributed by atoms with Crippen LogP contribution in [0.3, 0.4) is 0 Å². The van der Waals surface area contributed by atoms with E-state index in [1.807, 2.05) is 36.4 Å². The standard InChI is InChI=1S/C27H26N6O2S/c1-4-16-36-27-28-23-17(5-2)12-15-22(26(34)35-3)24(23)33(27)19-13-10-18(11-14-19)20-8-6-7-9-21(20)25-29-31-32-30-25/h6-15H,4-5,16H2,1-3H3,(H,29,30,31,32). The minimum atomic E-state index is -0.373. The molecule has 8 nitrogen and oxygen atoms in total. The molecule has 1 N–H and O–H groups in total. The Hall–Kier alpha value is -3.98. The molecule has 0 aliphatic carbocycles. The van der Waals surface area contributed by atoms with Crippen molar-refractivity contribution >= 4 is 28.8 Å². The van der Waals surface area contributed by atoms with Crippen molar-refractivity contribution in [3.63, 3.8) is 0 Å². The summed E-state index contributed by atoms with van der Waals surface area (Å²) in [5.74, 6) is 1.17. The van der Waals surface area contributed by atoms with Crippen molar-refractivity contribution in [2.24, 2.45) is 0 Å². The molecule has 0 atom stereocenters. The zero-order valence-corrected chi connectivity index (χ0v) is 21.2. The summed E-state index contributed by atoms with van der Waals surface area (Å²) >= 11 is 1.69. The zero-order valence-electron chi connectivity index (χ0n) is 20.4.